The zero-order valence-corrected chi connectivity index (χ0v) is 12.9. The zero-order valence-electron chi connectivity index (χ0n) is 11.4. The number of hydrogen-bond acceptors (Lipinski definition) is 2. The van der Waals surface area contributed by atoms with Gasteiger partial charge in [-0.3, -0.25) is 4.72 Å². The van der Waals surface area contributed by atoms with Crippen molar-refractivity contribution in [3.8, 4) is 0 Å². The third-order valence-corrected chi connectivity index (χ3v) is 4.76. The highest BCUT2D eigenvalue weighted by Crippen LogP contribution is 2.22. The SMILES string of the molecule is Cc1cccc(NS(=O)(=O)Cc2ccccc2Cl)c1C. The van der Waals surface area contributed by atoms with Gasteiger partial charge in [0.25, 0.3) is 0 Å². The second-order valence-corrected chi connectivity index (χ2v) is 6.83. The summed E-state index contributed by atoms with van der Waals surface area (Å²) in [6, 6.07) is 12.5. The average Bonchev–Trinajstić information content (AvgIpc) is 2.37. The molecule has 0 spiro atoms. The van der Waals surface area contributed by atoms with Crippen LogP contribution < -0.4 is 4.72 Å². The Labute approximate surface area is 124 Å². The maximum Gasteiger partial charge on any atom is 0.236 e. The molecular formula is C15H16ClNO2S. The minimum atomic E-state index is -3.48. The van der Waals surface area contributed by atoms with Crippen LogP contribution >= 0.6 is 11.6 Å². The Hall–Kier alpha value is -1.52. The topological polar surface area (TPSA) is 46.2 Å². The van der Waals surface area contributed by atoms with Gasteiger partial charge >= 0.3 is 0 Å². The Morgan fingerprint density at radius 3 is 2.45 bits per heavy atom. The van der Waals surface area contributed by atoms with Crippen molar-refractivity contribution in [1.82, 2.24) is 0 Å². The van der Waals surface area contributed by atoms with Crippen LogP contribution in [-0.2, 0) is 15.8 Å². The first-order chi connectivity index (χ1) is 9.39. The number of hydrogen-bond donors (Lipinski definition) is 1. The molecule has 0 amide bonds. The molecule has 5 heteroatoms. The number of sulfonamides is 1. The van der Waals surface area contributed by atoms with Gasteiger partial charge in [0.05, 0.1) is 11.4 Å². The van der Waals surface area contributed by atoms with E-state index in [0.29, 0.717) is 16.3 Å². The Kier molecular flexibility index (Phi) is 4.35. The molecule has 0 radical (unpaired) electrons. The predicted octanol–water partition coefficient (Wildman–Crippen LogP) is 3.90. The predicted molar refractivity (Wildman–Crippen MR) is 83.6 cm³/mol. The van der Waals surface area contributed by atoms with Gasteiger partial charge in [0.1, 0.15) is 0 Å². The molecule has 20 heavy (non-hydrogen) atoms. The molecule has 0 atom stereocenters. The van der Waals surface area contributed by atoms with Crippen molar-refractivity contribution in [3.63, 3.8) is 0 Å². The van der Waals surface area contributed by atoms with Gasteiger partial charge in [0.15, 0.2) is 0 Å². The molecule has 0 saturated carbocycles. The average molecular weight is 310 g/mol. The second-order valence-electron chi connectivity index (χ2n) is 4.70. The van der Waals surface area contributed by atoms with Crippen LogP contribution in [0.3, 0.4) is 0 Å². The first kappa shape index (κ1) is 14.9. The van der Waals surface area contributed by atoms with Gasteiger partial charge in [-0.2, -0.15) is 0 Å². The highest BCUT2D eigenvalue weighted by Gasteiger charge is 2.15. The molecule has 0 aliphatic carbocycles. The van der Waals surface area contributed by atoms with Crippen LogP contribution in [0.25, 0.3) is 0 Å². The van der Waals surface area contributed by atoms with Crippen molar-refractivity contribution in [2.45, 2.75) is 19.6 Å². The molecule has 0 heterocycles. The molecule has 0 bridgehead atoms. The van der Waals surface area contributed by atoms with Gasteiger partial charge in [0.2, 0.25) is 10.0 Å². The number of benzene rings is 2. The lowest BCUT2D eigenvalue weighted by Gasteiger charge is -2.12. The fourth-order valence-electron chi connectivity index (χ4n) is 1.89. The quantitative estimate of drug-likeness (QED) is 0.931. The molecule has 0 aliphatic rings. The summed E-state index contributed by atoms with van der Waals surface area (Å²) in [4.78, 5) is 0. The lowest BCUT2D eigenvalue weighted by atomic mass is 10.1. The van der Waals surface area contributed by atoms with E-state index in [-0.39, 0.29) is 5.75 Å². The molecule has 2 rings (SSSR count). The monoisotopic (exact) mass is 309 g/mol. The molecule has 2 aromatic carbocycles. The smallest absolute Gasteiger partial charge is 0.236 e. The number of rotatable bonds is 4. The molecule has 0 unspecified atom stereocenters. The Balaban J connectivity index is 2.24. The molecule has 0 aliphatic heterocycles. The van der Waals surface area contributed by atoms with Crippen molar-refractivity contribution in [1.29, 1.82) is 0 Å². The van der Waals surface area contributed by atoms with E-state index in [0.717, 1.165) is 11.1 Å². The first-order valence-corrected chi connectivity index (χ1v) is 8.22. The minimum Gasteiger partial charge on any atom is -0.283 e. The van der Waals surface area contributed by atoms with Crippen LogP contribution in [0.1, 0.15) is 16.7 Å². The fraction of sp³-hybridized carbons (Fsp3) is 0.200. The molecule has 1 N–H and O–H groups in total. The summed E-state index contributed by atoms with van der Waals surface area (Å²) >= 11 is 6.00. The second kappa shape index (κ2) is 5.85. The van der Waals surface area contributed by atoms with Gasteiger partial charge in [-0.05, 0) is 42.7 Å². The van der Waals surface area contributed by atoms with Gasteiger partial charge in [0, 0.05) is 5.02 Å². The summed E-state index contributed by atoms with van der Waals surface area (Å²) in [5.74, 6) is -0.139. The van der Waals surface area contributed by atoms with Crippen LogP contribution in [0.5, 0.6) is 0 Å². The van der Waals surface area contributed by atoms with E-state index in [1.54, 1.807) is 30.3 Å². The zero-order chi connectivity index (χ0) is 14.8. The van der Waals surface area contributed by atoms with E-state index in [9.17, 15) is 8.42 Å². The Morgan fingerprint density at radius 1 is 1.05 bits per heavy atom. The molecular weight excluding hydrogens is 294 g/mol. The highest BCUT2D eigenvalue weighted by atomic mass is 35.5. The van der Waals surface area contributed by atoms with Crippen LogP contribution in [0.2, 0.25) is 5.02 Å². The largest absolute Gasteiger partial charge is 0.283 e. The molecule has 0 saturated heterocycles. The summed E-state index contributed by atoms with van der Waals surface area (Å²) < 4.78 is 27.0. The van der Waals surface area contributed by atoms with Gasteiger partial charge in [-0.25, -0.2) is 8.42 Å². The Bertz CT molecular complexity index is 726. The summed E-state index contributed by atoms with van der Waals surface area (Å²) in [5, 5.41) is 0.457. The summed E-state index contributed by atoms with van der Waals surface area (Å²) in [5.41, 5.74) is 3.17. The lowest BCUT2D eigenvalue weighted by molar-refractivity contribution is 0.600. The van der Waals surface area contributed by atoms with E-state index in [2.05, 4.69) is 4.72 Å². The van der Waals surface area contributed by atoms with Crippen molar-refractivity contribution < 1.29 is 8.42 Å². The normalized spacial score (nSPS) is 11.3. The van der Waals surface area contributed by atoms with Crippen LogP contribution in [0.15, 0.2) is 42.5 Å². The van der Waals surface area contributed by atoms with Crippen molar-refractivity contribution in [3.05, 3.63) is 64.2 Å². The van der Waals surface area contributed by atoms with E-state index in [1.165, 1.54) is 0 Å². The molecule has 2 aromatic rings. The minimum absolute atomic E-state index is 0.139. The van der Waals surface area contributed by atoms with Crippen molar-refractivity contribution >= 4 is 27.3 Å². The van der Waals surface area contributed by atoms with Crippen LogP contribution in [-0.4, -0.2) is 8.42 Å². The molecule has 0 aromatic heterocycles. The first-order valence-electron chi connectivity index (χ1n) is 6.19. The van der Waals surface area contributed by atoms with Crippen LogP contribution in [0, 0.1) is 13.8 Å². The number of halogens is 1. The highest BCUT2D eigenvalue weighted by molar-refractivity contribution is 7.91. The maximum atomic E-state index is 12.2. The third kappa shape index (κ3) is 3.52. The van der Waals surface area contributed by atoms with E-state index >= 15 is 0 Å². The molecule has 106 valence electrons. The number of anilines is 1. The van der Waals surface area contributed by atoms with E-state index < -0.39 is 10.0 Å². The Morgan fingerprint density at radius 2 is 1.75 bits per heavy atom. The molecule has 3 nitrogen and oxygen atoms in total. The standard InChI is InChI=1S/C15H16ClNO2S/c1-11-6-5-9-15(12(11)2)17-20(18,19)10-13-7-3-4-8-14(13)16/h3-9,17H,10H2,1-2H3. The maximum absolute atomic E-state index is 12.2. The van der Waals surface area contributed by atoms with Crippen molar-refractivity contribution in [2.24, 2.45) is 0 Å². The van der Waals surface area contributed by atoms with Gasteiger partial charge in [-0.15, -0.1) is 0 Å². The third-order valence-electron chi connectivity index (χ3n) is 3.17. The van der Waals surface area contributed by atoms with Crippen molar-refractivity contribution in [2.75, 3.05) is 4.72 Å². The fourth-order valence-corrected chi connectivity index (χ4v) is 3.46. The van der Waals surface area contributed by atoms with Crippen LogP contribution in [0.4, 0.5) is 5.69 Å². The van der Waals surface area contributed by atoms with E-state index in [1.807, 2.05) is 26.0 Å². The molecule has 0 fully saturated rings. The summed E-state index contributed by atoms with van der Waals surface area (Å²) in [6.07, 6.45) is 0. The van der Waals surface area contributed by atoms with E-state index in [4.69, 9.17) is 11.6 Å². The lowest BCUT2D eigenvalue weighted by Crippen LogP contribution is -2.16. The number of aryl methyl sites for hydroxylation is 1. The summed E-state index contributed by atoms with van der Waals surface area (Å²) in [6.45, 7) is 3.84. The van der Waals surface area contributed by atoms with Gasteiger partial charge in [-0.1, -0.05) is 41.9 Å². The van der Waals surface area contributed by atoms with Gasteiger partial charge < -0.3 is 0 Å². The summed E-state index contributed by atoms with van der Waals surface area (Å²) in [7, 11) is -3.48. The number of nitrogens with one attached hydrogen (secondary N) is 1.